The second-order valence-corrected chi connectivity index (χ2v) is 4.78. The lowest BCUT2D eigenvalue weighted by Crippen LogP contribution is -2.22. The van der Waals surface area contributed by atoms with Crippen molar-refractivity contribution in [1.29, 1.82) is 0 Å². The molecule has 0 saturated heterocycles. The number of nitrogens with one attached hydrogen (secondary N) is 1. The molecule has 0 unspecified atom stereocenters. The molecule has 0 fully saturated rings. The molecule has 0 aromatic heterocycles. The van der Waals surface area contributed by atoms with Crippen LogP contribution in [0.4, 0.5) is 5.69 Å². The number of para-hydroxylation sites is 2. The number of methoxy groups -OCH3 is 1. The van der Waals surface area contributed by atoms with Crippen LogP contribution in [0.2, 0.25) is 0 Å². The van der Waals surface area contributed by atoms with Crippen molar-refractivity contribution in [3.05, 3.63) is 54.1 Å². The number of aliphatic carboxylic acids is 1. The van der Waals surface area contributed by atoms with Gasteiger partial charge in [-0.25, -0.2) is 4.79 Å². The molecule has 2 N–H and O–H groups in total. The molecule has 23 heavy (non-hydrogen) atoms. The average Bonchev–Trinajstić information content (AvgIpc) is 2.55. The molecule has 0 bridgehead atoms. The first-order valence-corrected chi connectivity index (χ1v) is 6.95. The van der Waals surface area contributed by atoms with Crippen LogP contribution in [0.1, 0.15) is 17.3 Å². The van der Waals surface area contributed by atoms with E-state index in [-0.39, 0.29) is 5.91 Å². The minimum atomic E-state index is -1.05. The zero-order chi connectivity index (χ0) is 16.8. The number of carboxylic acids is 1. The van der Waals surface area contributed by atoms with Crippen molar-refractivity contribution in [2.24, 2.45) is 0 Å². The van der Waals surface area contributed by atoms with Gasteiger partial charge < -0.3 is 19.9 Å². The van der Waals surface area contributed by atoms with Crippen molar-refractivity contribution >= 4 is 17.6 Å². The fourth-order valence-corrected chi connectivity index (χ4v) is 1.88. The highest BCUT2D eigenvalue weighted by atomic mass is 16.5. The van der Waals surface area contributed by atoms with Gasteiger partial charge >= 0.3 is 5.97 Å². The molecule has 0 aliphatic rings. The van der Waals surface area contributed by atoms with Crippen LogP contribution in [0, 0.1) is 0 Å². The van der Waals surface area contributed by atoms with Gasteiger partial charge in [-0.2, -0.15) is 0 Å². The first-order valence-electron chi connectivity index (χ1n) is 6.95. The number of carbonyl (C=O) groups is 2. The molecule has 2 aromatic carbocycles. The monoisotopic (exact) mass is 315 g/mol. The molecule has 0 aliphatic heterocycles. The predicted molar refractivity (Wildman–Crippen MR) is 85.1 cm³/mol. The van der Waals surface area contributed by atoms with Gasteiger partial charge in [0.2, 0.25) is 0 Å². The van der Waals surface area contributed by atoms with Crippen LogP contribution in [0.15, 0.2) is 48.5 Å². The summed E-state index contributed by atoms with van der Waals surface area (Å²) in [4.78, 5) is 23.0. The van der Waals surface area contributed by atoms with Gasteiger partial charge in [0.1, 0.15) is 11.5 Å². The van der Waals surface area contributed by atoms with Crippen LogP contribution >= 0.6 is 0 Å². The molecule has 0 spiro atoms. The first-order chi connectivity index (χ1) is 11.0. The molecule has 120 valence electrons. The molecule has 0 saturated carbocycles. The van der Waals surface area contributed by atoms with Crippen LogP contribution in [0.5, 0.6) is 11.5 Å². The quantitative estimate of drug-likeness (QED) is 0.856. The van der Waals surface area contributed by atoms with Crippen molar-refractivity contribution < 1.29 is 24.2 Å². The minimum absolute atomic E-state index is 0.299. The largest absolute Gasteiger partial charge is 0.495 e. The summed E-state index contributed by atoms with van der Waals surface area (Å²) in [6.07, 6.45) is -0.955. The van der Waals surface area contributed by atoms with Crippen molar-refractivity contribution in [2.45, 2.75) is 13.0 Å². The van der Waals surface area contributed by atoms with Gasteiger partial charge in [-0.15, -0.1) is 0 Å². The number of carboxylic acid groups (broad SMARTS) is 1. The number of amides is 1. The van der Waals surface area contributed by atoms with Crippen LogP contribution < -0.4 is 14.8 Å². The number of hydrogen-bond acceptors (Lipinski definition) is 4. The smallest absolute Gasteiger partial charge is 0.344 e. The molecule has 2 rings (SSSR count). The summed E-state index contributed by atoms with van der Waals surface area (Å²) in [5.41, 5.74) is 0.992. The number of anilines is 1. The third kappa shape index (κ3) is 4.23. The zero-order valence-electron chi connectivity index (χ0n) is 12.8. The third-order valence-electron chi connectivity index (χ3n) is 3.13. The number of hydrogen-bond donors (Lipinski definition) is 2. The number of ether oxygens (including phenoxy) is 2. The van der Waals surface area contributed by atoms with E-state index in [0.29, 0.717) is 22.7 Å². The summed E-state index contributed by atoms with van der Waals surface area (Å²) in [6, 6.07) is 13.3. The van der Waals surface area contributed by atoms with Crippen LogP contribution in [-0.4, -0.2) is 30.2 Å². The normalized spacial score (nSPS) is 11.4. The summed E-state index contributed by atoms with van der Waals surface area (Å²) in [6.45, 7) is 1.44. The molecular weight excluding hydrogens is 298 g/mol. The Morgan fingerprint density at radius 1 is 1.09 bits per heavy atom. The van der Waals surface area contributed by atoms with Crippen molar-refractivity contribution in [1.82, 2.24) is 0 Å². The Balaban J connectivity index is 2.07. The standard InChI is InChI=1S/C17H17NO5/c1-11(17(20)21)23-13-9-7-12(8-10-13)16(19)18-14-5-3-4-6-15(14)22-2/h3-11H,1-2H3,(H,18,19)(H,20,21)/t11-/m0/s1. The maximum atomic E-state index is 12.2. The topological polar surface area (TPSA) is 84.9 Å². The highest BCUT2D eigenvalue weighted by Gasteiger charge is 2.13. The average molecular weight is 315 g/mol. The van der Waals surface area contributed by atoms with E-state index in [9.17, 15) is 9.59 Å². The SMILES string of the molecule is COc1ccccc1NC(=O)c1ccc(O[C@@H](C)C(=O)O)cc1. The van der Waals surface area contributed by atoms with Gasteiger partial charge in [-0.1, -0.05) is 12.1 Å². The van der Waals surface area contributed by atoms with E-state index < -0.39 is 12.1 Å². The van der Waals surface area contributed by atoms with E-state index in [1.54, 1.807) is 42.5 Å². The number of carbonyl (C=O) groups excluding carboxylic acids is 1. The lowest BCUT2D eigenvalue weighted by molar-refractivity contribution is -0.144. The summed E-state index contributed by atoms with van der Waals surface area (Å²) >= 11 is 0. The maximum absolute atomic E-state index is 12.2. The van der Waals surface area contributed by atoms with E-state index in [4.69, 9.17) is 14.6 Å². The van der Waals surface area contributed by atoms with Gasteiger partial charge in [0, 0.05) is 5.56 Å². The molecule has 2 aromatic rings. The molecular formula is C17H17NO5. The summed E-state index contributed by atoms with van der Waals surface area (Å²) < 4.78 is 10.4. The van der Waals surface area contributed by atoms with Crippen molar-refractivity contribution in [3.63, 3.8) is 0 Å². The van der Waals surface area contributed by atoms with Gasteiger partial charge in [0.15, 0.2) is 6.10 Å². The summed E-state index contributed by atoms with van der Waals surface area (Å²) in [5, 5.41) is 11.6. The second-order valence-electron chi connectivity index (χ2n) is 4.78. The predicted octanol–water partition coefficient (Wildman–Crippen LogP) is 2.80. The molecule has 0 heterocycles. The Morgan fingerprint density at radius 2 is 1.74 bits per heavy atom. The first kappa shape index (κ1) is 16.4. The van der Waals surface area contributed by atoms with Crippen molar-refractivity contribution in [3.8, 4) is 11.5 Å². The highest BCUT2D eigenvalue weighted by molar-refractivity contribution is 6.05. The molecule has 1 amide bonds. The molecule has 0 radical (unpaired) electrons. The molecule has 6 nitrogen and oxygen atoms in total. The Labute approximate surface area is 133 Å². The summed E-state index contributed by atoms with van der Waals surface area (Å²) in [5.74, 6) is -0.403. The summed E-state index contributed by atoms with van der Waals surface area (Å²) in [7, 11) is 1.53. The van der Waals surface area contributed by atoms with Gasteiger partial charge in [0.05, 0.1) is 12.8 Å². The highest BCUT2D eigenvalue weighted by Crippen LogP contribution is 2.24. The Hall–Kier alpha value is -3.02. The second kappa shape index (κ2) is 7.31. The van der Waals surface area contributed by atoms with E-state index in [1.807, 2.05) is 6.07 Å². The number of benzene rings is 2. The fraction of sp³-hybridized carbons (Fsp3) is 0.176. The van der Waals surface area contributed by atoms with E-state index in [0.717, 1.165) is 0 Å². The van der Waals surface area contributed by atoms with Gasteiger partial charge in [-0.3, -0.25) is 4.79 Å². The van der Waals surface area contributed by atoms with E-state index in [2.05, 4.69) is 5.32 Å². The van der Waals surface area contributed by atoms with Crippen LogP contribution in [-0.2, 0) is 4.79 Å². The molecule has 1 atom stereocenters. The maximum Gasteiger partial charge on any atom is 0.344 e. The van der Waals surface area contributed by atoms with Gasteiger partial charge in [-0.05, 0) is 43.3 Å². The number of rotatable bonds is 6. The minimum Gasteiger partial charge on any atom is -0.495 e. The zero-order valence-corrected chi connectivity index (χ0v) is 12.8. The Kier molecular flexibility index (Phi) is 5.19. The molecule has 0 aliphatic carbocycles. The van der Waals surface area contributed by atoms with E-state index >= 15 is 0 Å². The fourth-order valence-electron chi connectivity index (χ4n) is 1.88. The van der Waals surface area contributed by atoms with Gasteiger partial charge in [0.25, 0.3) is 5.91 Å². The van der Waals surface area contributed by atoms with Crippen molar-refractivity contribution in [2.75, 3.05) is 12.4 Å². The lowest BCUT2D eigenvalue weighted by atomic mass is 10.2. The van der Waals surface area contributed by atoms with Crippen LogP contribution in [0.3, 0.4) is 0 Å². The molecule has 6 heteroatoms. The lowest BCUT2D eigenvalue weighted by Gasteiger charge is -2.12. The third-order valence-corrected chi connectivity index (χ3v) is 3.13. The Bertz CT molecular complexity index is 696. The van der Waals surface area contributed by atoms with Crippen LogP contribution in [0.25, 0.3) is 0 Å². The Morgan fingerprint density at radius 3 is 2.35 bits per heavy atom. The van der Waals surface area contributed by atoms with E-state index in [1.165, 1.54) is 14.0 Å².